The van der Waals surface area contributed by atoms with Crippen molar-refractivity contribution in [1.29, 1.82) is 0 Å². The van der Waals surface area contributed by atoms with Gasteiger partial charge in [-0.3, -0.25) is 4.90 Å². The zero-order valence-electron chi connectivity index (χ0n) is 10.8. The molecule has 1 fully saturated rings. The van der Waals surface area contributed by atoms with Crippen molar-refractivity contribution in [1.82, 2.24) is 19.9 Å². The van der Waals surface area contributed by atoms with E-state index in [1.54, 1.807) is 0 Å². The van der Waals surface area contributed by atoms with E-state index in [1.807, 2.05) is 11.6 Å². The van der Waals surface area contributed by atoms with Gasteiger partial charge < -0.3 is 0 Å². The first-order valence-corrected chi connectivity index (χ1v) is 6.10. The number of likely N-dealkylation sites (tertiary alicyclic amines) is 1. The lowest BCUT2D eigenvalue weighted by Gasteiger charge is -2.40. The number of aromatic nitrogens is 3. The second-order valence-corrected chi connectivity index (χ2v) is 5.73. The Morgan fingerprint density at radius 2 is 1.88 bits per heavy atom. The molecule has 16 heavy (non-hydrogen) atoms. The van der Waals surface area contributed by atoms with E-state index >= 15 is 0 Å². The molecule has 2 heterocycles. The van der Waals surface area contributed by atoms with Crippen LogP contribution in [-0.4, -0.2) is 38.5 Å². The predicted octanol–water partition coefficient (Wildman–Crippen LogP) is 2.02. The van der Waals surface area contributed by atoms with Crippen LogP contribution in [-0.2, 0) is 0 Å². The summed E-state index contributed by atoms with van der Waals surface area (Å²) in [4.78, 5) is 2.55. The van der Waals surface area contributed by atoms with E-state index in [-0.39, 0.29) is 0 Å². The van der Waals surface area contributed by atoms with Crippen LogP contribution in [0.15, 0.2) is 6.20 Å². The zero-order chi connectivity index (χ0) is 11.8. The lowest BCUT2D eigenvalue weighted by molar-refractivity contribution is 0.0866. The summed E-state index contributed by atoms with van der Waals surface area (Å²) in [7, 11) is 0. The average Bonchev–Trinajstić information content (AvgIpc) is 2.64. The minimum absolute atomic E-state index is 0.295. The summed E-state index contributed by atoms with van der Waals surface area (Å²) in [5.41, 5.74) is 1.31. The molecule has 0 radical (unpaired) electrons. The van der Waals surface area contributed by atoms with Crippen molar-refractivity contribution in [3.63, 3.8) is 0 Å². The van der Waals surface area contributed by atoms with Crippen LogP contribution in [0.2, 0.25) is 0 Å². The summed E-state index contributed by atoms with van der Waals surface area (Å²) in [5, 5.41) is 8.23. The van der Waals surface area contributed by atoms with Crippen molar-refractivity contribution in [3.8, 4) is 0 Å². The molecule has 0 spiro atoms. The summed E-state index contributed by atoms with van der Waals surface area (Å²) in [6.07, 6.45) is 4.41. The quantitative estimate of drug-likeness (QED) is 0.729. The first-order chi connectivity index (χ1) is 7.47. The largest absolute Gasteiger partial charge is 0.298 e. The standard InChI is InChI=1S/C12H22N4/c1-10-9-16(14-13-10)11-5-7-15(8-6-11)12(2,3)4/h9,11H,5-8H2,1-4H3. The lowest BCUT2D eigenvalue weighted by Crippen LogP contribution is -2.46. The highest BCUT2D eigenvalue weighted by Crippen LogP contribution is 2.26. The molecule has 1 aromatic heterocycles. The Bertz CT molecular complexity index is 342. The second kappa shape index (κ2) is 4.17. The molecule has 1 aliphatic heterocycles. The Morgan fingerprint density at radius 1 is 1.25 bits per heavy atom. The third-order valence-corrected chi connectivity index (χ3v) is 3.41. The third kappa shape index (κ3) is 2.43. The molecule has 4 heteroatoms. The molecule has 1 aromatic rings. The average molecular weight is 222 g/mol. The van der Waals surface area contributed by atoms with Gasteiger partial charge in [0, 0.05) is 24.8 Å². The maximum Gasteiger partial charge on any atom is 0.0796 e. The number of hydrogen-bond donors (Lipinski definition) is 0. The van der Waals surface area contributed by atoms with Gasteiger partial charge in [-0.25, -0.2) is 4.68 Å². The number of hydrogen-bond acceptors (Lipinski definition) is 3. The molecule has 0 N–H and O–H groups in total. The minimum atomic E-state index is 0.295. The molecule has 1 saturated heterocycles. The maximum atomic E-state index is 4.17. The van der Waals surface area contributed by atoms with Crippen molar-refractivity contribution in [2.24, 2.45) is 0 Å². The van der Waals surface area contributed by atoms with E-state index in [1.165, 1.54) is 12.8 Å². The molecule has 90 valence electrons. The summed E-state index contributed by atoms with van der Waals surface area (Å²) < 4.78 is 2.04. The maximum absolute atomic E-state index is 4.17. The van der Waals surface area contributed by atoms with Gasteiger partial charge in [0.25, 0.3) is 0 Å². The molecule has 0 aromatic carbocycles. The van der Waals surface area contributed by atoms with Crippen molar-refractivity contribution in [2.45, 2.75) is 52.1 Å². The highest BCUT2D eigenvalue weighted by Gasteiger charge is 2.27. The van der Waals surface area contributed by atoms with Gasteiger partial charge in [0.05, 0.1) is 11.7 Å². The molecular formula is C12H22N4. The van der Waals surface area contributed by atoms with E-state index in [4.69, 9.17) is 0 Å². The molecule has 4 nitrogen and oxygen atoms in total. The Hall–Kier alpha value is -0.900. The molecule has 0 aliphatic carbocycles. The Balaban J connectivity index is 1.95. The van der Waals surface area contributed by atoms with Gasteiger partial charge in [-0.15, -0.1) is 5.10 Å². The van der Waals surface area contributed by atoms with Crippen LogP contribution in [0.3, 0.4) is 0 Å². The van der Waals surface area contributed by atoms with E-state index < -0.39 is 0 Å². The molecule has 0 amide bonds. The van der Waals surface area contributed by atoms with Gasteiger partial charge >= 0.3 is 0 Å². The van der Waals surface area contributed by atoms with Crippen LogP contribution < -0.4 is 0 Å². The van der Waals surface area contributed by atoms with Crippen molar-refractivity contribution >= 4 is 0 Å². The first-order valence-electron chi connectivity index (χ1n) is 6.10. The molecule has 2 rings (SSSR count). The Morgan fingerprint density at radius 3 is 2.31 bits per heavy atom. The van der Waals surface area contributed by atoms with Crippen LogP contribution in [0.4, 0.5) is 0 Å². The third-order valence-electron chi connectivity index (χ3n) is 3.41. The summed E-state index contributed by atoms with van der Waals surface area (Å²) in [6, 6.07) is 0.541. The first kappa shape index (κ1) is 11.6. The smallest absolute Gasteiger partial charge is 0.0796 e. The molecule has 0 atom stereocenters. The monoisotopic (exact) mass is 222 g/mol. The molecule has 0 bridgehead atoms. The van der Waals surface area contributed by atoms with Crippen molar-refractivity contribution in [2.75, 3.05) is 13.1 Å². The normalized spacial score (nSPS) is 20.2. The fourth-order valence-corrected chi connectivity index (χ4v) is 2.34. The number of nitrogens with zero attached hydrogens (tertiary/aromatic N) is 4. The lowest BCUT2D eigenvalue weighted by atomic mass is 9.98. The topological polar surface area (TPSA) is 34.0 Å². The van der Waals surface area contributed by atoms with Gasteiger partial charge in [-0.2, -0.15) is 0 Å². The summed E-state index contributed by atoms with van der Waals surface area (Å²) in [6.45, 7) is 11.2. The van der Waals surface area contributed by atoms with Crippen LogP contribution in [0.1, 0.15) is 45.3 Å². The van der Waals surface area contributed by atoms with E-state index in [0.717, 1.165) is 18.8 Å². The van der Waals surface area contributed by atoms with Crippen LogP contribution in [0.5, 0.6) is 0 Å². The van der Waals surface area contributed by atoms with Gasteiger partial charge in [-0.05, 0) is 40.5 Å². The minimum Gasteiger partial charge on any atom is -0.298 e. The fraction of sp³-hybridized carbons (Fsp3) is 0.833. The van der Waals surface area contributed by atoms with E-state index in [2.05, 4.69) is 42.2 Å². The van der Waals surface area contributed by atoms with Gasteiger partial charge in [0.15, 0.2) is 0 Å². The highest BCUT2D eigenvalue weighted by atomic mass is 15.4. The second-order valence-electron chi connectivity index (χ2n) is 5.73. The highest BCUT2D eigenvalue weighted by molar-refractivity contribution is 4.91. The van der Waals surface area contributed by atoms with Gasteiger partial charge in [-0.1, -0.05) is 5.21 Å². The fourth-order valence-electron chi connectivity index (χ4n) is 2.34. The Labute approximate surface area is 97.6 Å². The molecule has 0 unspecified atom stereocenters. The molecule has 0 saturated carbocycles. The van der Waals surface area contributed by atoms with E-state index in [0.29, 0.717) is 11.6 Å². The SMILES string of the molecule is Cc1cn(C2CCN(C(C)(C)C)CC2)nn1. The predicted molar refractivity (Wildman–Crippen MR) is 64.4 cm³/mol. The van der Waals surface area contributed by atoms with Crippen molar-refractivity contribution in [3.05, 3.63) is 11.9 Å². The van der Waals surface area contributed by atoms with Crippen molar-refractivity contribution < 1.29 is 0 Å². The summed E-state index contributed by atoms with van der Waals surface area (Å²) in [5.74, 6) is 0. The number of piperidine rings is 1. The number of aryl methyl sites for hydroxylation is 1. The Kier molecular flexibility index (Phi) is 3.02. The van der Waals surface area contributed by atoms with Crippen LogP contribution in [0, 0.1) is 6.92 Å². The zero-order valence-corrected chi connectivity index (χ0v) is 10.8. The number of rotatable bonds is 1. The molecular weight excluding hydrogens is 200 g/mol. The summed E-state index contributed by atoms with van der Waals surface area (Å²) >= 11 is 0. The van der Waals surface area contributed by atoms with Crippen LogP contribution in [0.25, 0.3) is 0 Å². The van der Waals surface area contributed by atoms with Gasteiger partial charge in [0.1, 0.15) is 0 Å². The molecule has 1 aliphatic rings. The van der Waals surface area contributed by atoms with Crippen LogP contribution >= 0.6 is 0 Å². The van der Waals surface area contributed by atoms with Gasteiger partial charge in [0.2, 0.25) is 0 Å². The van der Waals surface area contributed by atoms with E-state index in [9.17, 15) is 0 Å².